The van der Waals surface area contributed by atoms with E-state index < -0.39 is 0 Å². The SMILES string of the molecule is Cc1ccc(C(=O)NCc2cccc(CCl)c2)cc1Br. The van der Waals surface area contributed by atoms with Crippen molar-refractivity contribution < 1.29 is 4.79 Å². The van der Waals surface area contributed by atoms with Gasteiger partial charge in [0.05, 0.1) is 0 Å². The molecule has 0 radical (unpaired) electrons. The molecule has 1 N–H and O–H groups in total. The summed E-state index contributed by atoms with van der Waals surface area (Å²) in [6, 6.07) is 13.5. The molecule has 2 nitrogen and oxygen atoms in total. The first-order chi connectivity index (χ1) is 9.60. The molecule has 0 atom stereocenters. The molecular weight excluding hydrogens is 338 g/mol. The molecule has 0 aromatic heterocycles. The Morgan fingerprint density at radius 3 is 2.65 bits per heavy atom. The van der Waals surface area contributed by atoms with Crippen LogP contribution in [0.2, 0.25) is 0 Å². The van der Waals surface area contributed by atoms with Crippen molar-refractivity contribution in [2.24, 2.45) is 0 Å². The van der Waals surface area contributed by atoms with E-state index in [2.05, 4.69) is 21.2 Å². The lowest BCUT2D eigenvalue weighted by molar-refractivity contribution is 0.0951. The molecule has 0 saturated heterocycles. The first-order valence-corrected chi connectivity index (χ1v) is 7.61. The smallest absolute Gasteiger partial charge is 0.251 e. The summed E-state index contributed by atoms with van der Waals surface area (Å²) in [4.78, 5) is 12.1. The monoisotopic (exact) mass is 351 g/mol. The fraction of sp³-hybridized carbons (Fsp3) is 0.188. The van der Waals surface area contributed by atoms with Crippen LogP contribution >= 0.6 is 27.5 Å². The number of carbonyl (C=O) groups is 1. The summed E-state index contributed by atoms with van der Waals surface area (Å²) in [6.07, 6.45) is 0. The van der Waals surface area contributed by atoms with E-state index in [1.54, 1.807) is 0 Å². The second kappa shape index (κ2) is 6.91. The Bertz CT molecular complexity index is 628. The first kappa shape index (κ1) is 15.1. The Morgan fingerprint density at radius 2 is 1.95 bits per heavy atom. The van der Waals surface area contributed by atoms with E-state index in [9.17, 15) is 4.79 Å². The molecule has 2 rings (SSSR count). The normalized spacial score (nSPS) is 10.3. The van der Waals surface area contributed by atoms with Crippen LogP contribution in [0.1, 0.15) is 27.0 Å². The molecule has 2 aromatic rings. The molecule has 2 aromatic carbocycles. The van der Waals surface area contributed by atoms with Crippen LogP contribution < -0.4 is 5.32 Å². The largest absolute Gasteiger partial charge is 0.348 e. The van der Waals surface area contributed by atoms with E-state index in [1.807, 2.05) is 49.4 Å². The Hall–Kier alpha value is -1.32. The highest BCUT2D eigenvalue weighted by Crippen LogP contribution is 2.17. The zero-order valence-corrected chi connectivity index (χ0v) is 13.5. The molecule has 4 heteroatoms. The topological polar surface area (TPSA) is 29.1 Å². The molecule has 0 unspecified atom stereocenters. The highest BCUT2D eigenvalue weighted by atomic mass is 79.9. The van der Waals surface area contributed by atoms with E-state index in [4.69, 9.17) is 11.6 Å². The highest BCUT2D eigenvalue weighted by Gasteiger charge is 2.07. The van der Waals surface area contributed by atoms with E-state index in [0.717, 1.165) is 21.2 Å². The summed E-state index contributed by atoms with van der Waals surface area (Å²) in [5.41, 5.74) is 3.85. The van der Waals surface area contributed by atoms with Gasteiger partial charge in [0.25, 0.3) is 5.91 Å². The van der Waals surface area contributed by atoms with Crippen molar-refractivity contribution in [3.8, 4) is 0 Å². The van der Waals surface area contributed by atoms with Crippen molar-refractivity contribution in [1.29, 1.82) is 0 Å². The molecule has 0 bridgehead atoms. The maximum atomic E-state index is 12.1. The van der Waals surface area contributed by atoms with Gasteiger partial charge in [0.1, 0.15) is 0 Å². The number of carbonyl (C=O) groups excluding carboxylic acids is 1. The van der Waals surface area contributed by atoms with E-state index >= 15 is 0 Å². The number of halogens is 2. The van der Waals surface area contributed by atoms with Crippen LogP contribution in [0, 0.1) is 6.92 Å². The summed E-state index contributed by atoms with van der Waals surface area (Å²) >= 11 is 9.23. The average molecular weight is 353 g/mol. The molecule has 20 heavy (non-hydrogen) atoms. The zero-order valence-electron chi connectivity index (χ0n) is 11.1. The second-order valence-corrected chi connectivity index (χ2v) is 5.72. The van der Waals surface area contributed by atoms with Gasteiger partial charge < -0.3 is 5.32 Å². The van der Waals surface area contributed by atoms with Crippen LogP contribution in [0.5, 0.6) is 0 Å². The molecule has 104 valence electrons. The number of amides is 1. The predicted octanol–water partition coefficient (Wildman–Crippen LogP) is 4.43. The van der Waals surface area contributed by atoms with Gasteiger partial charge in [-0.15, -0.1) is 11.6 Å². The van der Waals surface area contributed by atoms with E-state index in [1.165, 1.54) is 0 Å². The minimum atomic E-state index is -0.0815. The lowest BCUT2D eigenvalue weighted by atomic mass is 10.1. The van der Waals surface area contributed by atoms with E-state index in [-0.39, 0.29) is 5.91 Å². The van der Waals surface area contributed by atoms with Gasteiger partial charge in [-0.2, -0.15) is 0 Å². The Kier molecular flexibility index (Phi) is 5.21. The minimum absolute atomic E-state index is 0.0815. The molecular formula is C16H15BrClNO. The van der Waals surface area contributed by atoms with Crippen LogP contribution in [-0.2, 0) is 12.4 Å². The lowest BCUT2D eigenvalue weighted by Crippen LogP contribution is -2.22. The standard InChI is InChI=1S/C16H15BrClNO/c1-11-5-6-14(8-15(11)17)16(20)19-10-13-4-2-3-12(7-13)9-18/h2-8H,9-10H2,1H3,(H,19,20). The van der Waals surface area contributed by atoms with Crippen molar-refractivity contribution in [3.05, 3.63) is 69.2 Å². The molecule has 0 spiro atoms. The average Bonchev–Trinajstić information content (AvgIpc) is 2.47. The van der Waals surface area contributed by atoms with Crippen LogP contribution in [0.15, 0.2) is 46.9 Å². The number of alkyl halides is 1. The van der Waals surface area contributed by atoms with Crippen molar-refractivity contribution >= 4 is 33.4 Å². The molecule has 0 heterocycles. The van der Waals surface area contributed by atoms with Crippen molar-refractivity contribution in [3.63, 3.8) is 0 Å². The predicted molar refractivity (Wildman–Crippen MR) is 86.0 cm³/mol. The van der Waals surface area contributed by atoms with Gasteiger partial charge in [-0.3, -0.25) is 4.79 Å². The quantitative estimate of drug-likeness (QED) is 0.811. The molecule has 0 saturated carbocycles. The summed E-state index contributed by atoms with van der Waals surface area (Å²) in [7, 11) is 0. The van der Waals surface area contributed by atoms with Gasteiger partial charge in [0.2, 0.25) is 0 Å². The fourth-order valence-corrected chi connectivity index (χ4v) is 2.39. The molecule has 0 aliphatic carbocycles. The Morgan fingerprint density at radius 1 is 1.20 bits per heavy atom. The Labute approximate surface area is 132 Å². The highest BCUT2D eigenvalue weighted by molar-refractivity contribution is 9.10. The third-order valence-corrected chi connectivity index (χ3v) is 4.20. The minimum Gasteiger partial charge on any atom is -0.348 e. The van der Waals surface area contributed by atoms with Gasteiger partial charge in [-0.1, -0.05) is 46.3 Å². The fourth-order valence-electron chi connectivity index (χ4n) is 1.84. The number of rotatable bonds is 4. The zero-order chi connectivity index (χ0) is 14.5. The van der Waals surface area contributed by atoms with Crippen LogP contribution in [-0.4, -0.2) is 5.91 Å². The second-order valence-electron chi connectivity index (χ2n) is 4.60. The number of nitrogens with one attached hydrogen (secondary N) is 1. The first-order valence-electron chi connectivity index (χ1n) is 6.28. The molecule has 0 aliphatic rings. The summed E-state index contributed by atoms with van der Waals surface area (Å²) < 4.78 is 0.939. The van der Waals surface area contributed by atoms with Gasteiger partial charge in [-0.25, -0.2) is 0 Å². The molecule has 1 amide bonds. The van der Waals surface area contributed by atoms with E-state index in [0.29, 0.717) is 18.0 Å². The molecule has 0 aliphatic heterocycles. The van der Waals surface area contributed by atoms with Gasteiger partial charge in [0.15, 0.2) is 0 Å². The molecule has 0 fully saturated rings. The summed E-state index contributed by atoms with van der Waals surface area (Å²) in [6.45, 7) is 2.48. The van der Waals surface area contributed by atoms with Crippen LogP contribution in [0.25, 0.3) is 0 Å². The van der Waals surface area contributed by atoms with Gasteiger partial charge >= 0.3 is 0 Å². The maximum absolute atomic E-state index is 12.1. The van der Waals surface area contributed by atoms with Crippen LogP contribution in [0.4, 0.5) is 0 Å². The van der Waals surface area contributed by atoms with Gasteiger partial charge in [-0.05, 0) is 35.7 Å². The van der Waals surface area contributed by atoms with Crippen molar-refractivity contribution in [1.82, 2.24) is 5.32 Å². The maximum Gasteiger partial charge on any atom is 0.251 e. The number of hydrogen-bond acceptors (Lipinski definition) is 1. The van der Waals surface area contributed by atoms with Crippen molar-refractivity contribution in [2.75, 3.05) is 0 Å². The lowest BCUT2D eigenvalue weighted by Gasteiger charge is -2.07. The summed E-state index contributed by atoms with van der Waals surface area (Å²) in [5, 5.41) is 2.91. The third kappa shape index (κ3) is 3.84. The number of hydrogen-bond donors (Lipinski definition) is 1. The van der Waals surface area contributed by atoms with Crippen LogP contribution in [0.3, 0.4) is 0 Å². The number of benzene rings is 2. The van der Waals surface area contributed by atoms with Crippen molar-refractivity contribution in [2.45, 2.75) is 19.3 Å². The number of aryl methyl sites for hydroxylation is 1. The summed E-state index contributed by atoms with van der Waals surface area (Å²) in [5.74, 6) is 0.397. The van der Waals surface area contributed by atoms with Gasteiger partial charge in [0, 0.05) is 22.5 Å². The Balaban J connectivity index is 2.02. The third-order valence-electron chi connectivity index (χ3n) is 3.03.